The van der Waals surface area contributed by atoms with E-state index >= 15 is 0 Å². The molecule has 1 aliphatic rings. The Hall–Kier alpha value is -1.90. The fraction of sp³-hybridized carbons (Fsp3) is 0.444. The quantitative estimate of drug-likeness (QED) is 0.899. The average Bonchev–Trinajstić information content (AvgIpc) is 2.44. The molecule has 3 heteroatoms. The van der Waals surface area contributed by atoms with Crippen molar-refractivity contribution >= 4 is 16.9 Å². The molecule has 1 aromatic heterocycles. The molecule has 2 atom stereocenters. The number of carboxylic acid groups (broad SMARTS) is 1. The van der Waals surface area contributed by atoms with Gasteiger partial charge >= 0.3 is 5.97 Å². The Kier molecular flexibility index (Phi) is 3.44. The smallest absolute Gasteiger partial charge is 0.336 e. The predicted molar refractivity (Wildman–Crippen MR) is 84.0 cm³/mol. The summed E-state index contributed by atoms with van der Waals surface area (Å²) in [5, 5.41) is 10.5. The van der Waals surface area contributed by atoms with Crippen LogP contribution in [-0.2, 0) is 12.8 Å². The standard InChI is InChI=1S/C18H21NO2/c1-4-12-5-6-15-13(9-12)16(18(20)21)14-8-10(2)7-11(3)17(14)19-15/h5-6,9-11H,4,7-8H2,1-3H3,(H,20,21). The van der Waals surface area contributed by atoms with Crippen LogP contribution in [0.2, 0.25) is 0 Å². The van der Waals surface area contributed by atoms with Crippen LogP contribution in [-0.4, -0.2) is 16.1 Å². The van der Waals surface area contributed by atoms with E-state index in [4.69, 9.17) is 4.98 Å². The van der Waals surface area contributed by atoms with Crippen molar-refractivity contribution < 1.29 is 9.90 Å². The Bertz CT molecular complexity index is 721. The van der Waals surface area contributed by atoms with Crippen molar-refractivity contribution in [3.63, 3.8) is 0 Å². The second-order valence-corrected chi connectivity index (χ2v) is 6.31. The Labute approximate surface area is 125 Å². The first-order valence-electron chi connectivity index (χ1n) is 7.70. The molecule has 21 heavy (non-hydrogen) atoms. The van der Waals surface area contributed by atoms with Crippen LogP contribution in [0.1, 0.15) is 60.3 Å². The summed E-state index contributed by atoms with van der Waals surface area (Å²) in [4.78, 5) is 16.7. The molecule has 1 heterocycles. The maximum Gasteiger partial charge on any atom is 0.336 e. The van der Waals surface area contributed by atoms with Gasteiger partial charge in [-0.3, -0.25) is 4.98 Å². The lowest BCUT2D eigenvalue weighted by molar-refractivity contribution is 0.0697. The predicted octanol–water partition coefficient (Wildman–Crippen LogP) is 4.18. The van der Waals surface area contributed by atoms with Crippen LogP contribution in [0, 0.1) is 5.92 Å². The van der Waals surface area contributed by atoms with E-state index in [0.717, 1.165) is 47.0 Å². The molecule has 1 N–H and O–H groups in total. The number of aromatic carboxylic acids is 1. The summed E-state index contributed by atoms with van der Waals surface area (Å²) in [5.74, 6) is 0.0181. The summed E-state index contributed by atoms with van der Waals surface area (Å²) in [6.45, 7) is 6.43. The van der Waals surface area contributed by atoms with E-state index in [-0.39, 0.29) is 0 Å². The monoisotopic (exact) mass is 283 g/mol. The number of carbonyl (C=O) groups is 1. The molecule has 2 unspecified atom stereocenters. The van der Waals surface area contributed by atoms with Crippen LogP contribution in [0.25, 0.3) is 10.9 Å². The van der Waals surface area contributed by atoms with E-state index in [1.54, 1.807) is 0 Å². The van der Waals surface area contributed by atoms with Gasteiger partial charge in [0, 0.05) is 11.1 Å². The summed E-state index contributed by atoms with van der Waals surface area (Å²) in [7, 11) is 0. The van der Waals surface area contributed by atoms with E-state index in [1.165, 1.54) is 0 Å². The third-order valence-corrected chi connectivity index (χ3v) is 4.58. The molecule has 0 saturated carbocycles. The summed E-state index contributed by atoms with van der Waals surface area (Å²) in [6.07, 6.45) is 2.80. The molecule has 0 amide bonds. The molecule has 3 rings (SSSR count). The number of hydrogen-bond donors (Lipinski definition) is 1. The molecule has 0 spiro atoms. The van der Waals surface area contributed by atoms with Gasteiger partial charge in [0.1, 0.15) is 0 Å². The molecule has 0 aliphatic heterocycles. The lowest BCUT2D eigenvalue weighted by Crippen LogP contribution is -2.20. The Morgan fingerprint density at radius 3 is 2.81 bits per heavy atom. The highest BCUT2D eigenvalue weighted by Crippen LogP contribution is 2.37. The van der Waals surface area contributed by atoms with E-state index in [0.29, 0.717) is 17.4 Å². The zero-order valence-corrected chi connectivity index (χ0v) is 12.8. The van der Waals surface area contributed by atoms with E-state index < -0.39 is 5.97 Å². The molecule has 0 radical (unpaired) electrons. The third kappa shape index (κ3) is 2.31. The normalized spacial score (nSPS) is 21.3. The van der Waals surface area contributed by atoms with Gasteiger partial charge in [-0.05, 0) is 54.4 Å². The highest BCUT2D eigenvalue weighted by molar-refractivity contribution is 6.04. The maximum atomic E-state index is 11.9. The Morgan fingerprint density at radius 1 is 1.38 bits per heavy atom. The van der Waals surface area contributed by atoms with Gasteiger partial charge in [0.05, 0.1) is 11.1 Å². The molecule has 110 valence electrons. The fourth-order valence-electron chi connectivity index (χ4n) is 3.59. The van der Waals surface area contributed by atoms with Gasteiger partial charge in [0.15, 0.2) is 0 Å². The van der Waals surface area contributed by atoms with Gasteiger partial charge in [-0.2, -0.15) is 0 Å². The highest BCUT2D eigenvalue weighted by atomic mass is 16.4. The van der Waals surface area contributed by atoms with Crippen LogP contribution in [0.4, 0.5) is 0 Å². The van der Waals surface area contributed by atoms with Crippen molar-refractivity contribution in [3.05, 3.63) is 40.6 Å². The zero-order valence-electron chi connectivity index (χ0n) is 12.8. The lowest BCUT2D eigenvalue weighted by Gasteiger charge is -2.28. The van der Waals surface area contributed by atoms with Gasteiger partial charge in [-0.25, -0.2) is 4.79 Å². The number of benzene rings is 1. The molecule has 1 aliphatic carbocycles. The number of fused-ring (bicyclic) bond motifs is 2. The maximum absolute atomic E-state index is 11.9. The van der Waals surface area contributed by atoms with Crippen molar-refractivity contribution in [1.82, 2.24) is 4.98 Å². The average molecular weight is 283 g/mol. The van der Waals surface area contributed by atoms with Crippen molar-refractivity contribution in [1.29, 1.82) is 0 Å². The molecule has 3 nitrogen and oxygen atoms in total. The Balaban J connectivity index is 2.36. The molecular formula is C18H21NO2. The molecule has 0 fully saturated rings. The first-order valence-corrected chi connectivity index (χ1v) is 7.70. The van der Waals surface area contributed by atoms with E-state index in [1.807, 2.05) is 18.2 Å². The second kappa shape index (κ2) is 5.14. The number of nitrogens with zero attached hydrogens (tertiary/aromatic N) is 1. The highest BCUT2D eigenvalue weighted by Gasteiger charge is 2.29. The SMILES string of the molecule is CCc1ccc2nc3c(c(C(=O)O)c2c1)CC(C)CC3C. The minimum absolute atomic E-state index is 0.331. The van der Waals surface area contributed by atoms with Crippen LogP contribution in [0.15, 0.2) is 18.2 Å². The van der Waals surface area contributed by atoms with Crippen molar-refractivity contribution in [3.8, 4) is 0 Å². The number of aromatic nitrogens is 1. The topological polar surface area (TPSA) is 50.2 Å². The number of hydrogen-bond acceptors (Lipinski definition) is 2. The summed E-state index contributed by atoms with van der Waals surface area (Å²) >= 11 is 0. The minimum atomic E-state index is -0.826. The van der Waals surface area contributed by atoms with Gasteiger partial charge < -0.3 is 5.11 Å². The number of rotatable bonds is 2. The fourth-order valence-corrected chi connectivity index (χ4v) is 3.59. The van der Waals surface area contributed by atoms with Gasteiger partial charge in [-0.1, -0.05) is 26.8 Å². The van der Waals surface area contributed by atoms with Crippen molar-refractivity contribution in [2.24, 2.45) is 5.92 Å². The summed E-state index contributed by atoms with van der Waals surface area (Å²) in [6, 6.07) is 6.01. The van der Waals surface area contributed by atoms with Crippen LogP contribution >= 0.6 is 0 Å². The van der Waals surface area contributed by atoms with Gasteiger partial charge in [-0.15, -0.1) is 0 Å². The minimum Gasteiger partial charge on any atom is -0.478 e. The first-order chi connectivity index (χ1) is 10.0. The van der Waals surface area contributed by atoms with Crippen molar-refractivity contribution in [2.75, 3.05) is 0 Å². The summed E-state index contributed by atoms with van der Waals surface area (Å²) < 4.78 is 0. The molecule has 0 saturated heterocycles. The number of carboxylic acids is 1. The third-order valence-electron chi connectivity index (χ3n) is 4.58. The molecule has 2 aromatic rings. The van der Waals surface area contributed by atoms with Crippen LogP contribution in [0.5, 0.6) is 0 Å². The number of pyridine rings is 1. The largest absolute Gasteiger partial charge is 0.478 e. The first kappa shape index (κ1) is 14.1. The van der Waals surface area contributed by atoms with Gasteiger partial charge in [0.2, 0.25) is 0 Å². The van der Waals surface area contributed by atoms with E-state index in [9.17, 15) is 9.90 Å². The molecular weight excluding hydrogens is 262 g/mol. The van der Waals surface area contributed by atoms with Gasteiger partial charge in [0.25, 0.3) is 0 Å². The van der Waals surface area contributed by atoms with Crippen LogP contribution < -0.4 is 0 Å². The lowest BCUT2D eigenvalue weighted by atomic mass is 9.78. The Morgan fingerprint density at radius 2 is 2.14 bits per heavy atom. The summed E-state index contributed by atoms with van der Waals surface area (Å²) in [5.41, 5.74) is 4.38. The van der Waals surface area contributed by atoms with Crippen molar-refractivity contribution in [2.45, 2.75) is 46.0 Å². The molecule has 0 bridgehead atoms. The number of aryl methyl sites for hydroxylation is 1. The second-order valence-electron chi connectivity index (χ2n) is 6.31. The van der Waals surface area contributed by atoms with Crippen LogP contribution in [0.3, 0.4) is 0 Å². The molecule has 1 aromatic carbocycles. The van der Waals surface area contributed by atoms with E-state index in [2.05, 4.69) is 20.8 Å². The zero-order chi connectivity index (χ0) is 15.1.